The third-order valence-electron chi connectivity index (χ3n) is 3.50. The molecule has 0 radical (unpaired) electrons. The first-order valence-electron chi connectivity index (χ1n) is 14.9. The van der Waals surface area contributed by atoms with Crippen molar-refractivity contribution in [3.8, 4) is 23.8 Å². The molecule has 29 heavy (non-hydrogen) atoms. The molecule has 0 saturated carbocycles. The summed E-state index contributed by atoms with van der Waals surface area (Å²) in [5, 5.41) is 3.03. The van der Waals surface area contributed by atoms with Gasteiger partial charge in [-0.15, -0.1) is 6.42 Å². The fourth-order valence-electron chi connectivity index (χ4n) is 2.34. The first-order chi connectivity index (χ1) is 19.5. The monoisotopic (exact) mass is 407 g/mol. The molecule has 0 atom stereocenters. The number of anilines is 2. The van der Waals surface area contributed by atoms with Crippen LogP contribution in [0.1, 0.15) is 24.8 Å². The maximum atomic E-state index is 8.11. The van der Waals surface area contributed by atoms with Crippen molar-refractivity contribution in [2.75, 3.05) is 45.6 Å². The lowest BCUT2D eigenvalue weighted by Crippen LogP contribution is -2.09. The Morgan fingerprint density at radius 1 is 1.03 bits per heavy atom. The minimum absolute atomic E-state index is 0.0108. The van der Waals surface area contributed by atoms with Crippen LogP contribution in [0.4, 0.5) is 11.5 Å². The summed E-state index contributed by atoms with van der Waals surface area (Å²) in [6.07, 6.45) is 6.53. The summed E-state index contributed by atoms with van der Waals surface area (Å²) >= 11 is 0. The predicted molar refractivity (Wildman–Crippen MR) is 112 cm³/mol. The van der Waals surface area contributed by atoms with Crippen molar-refractivity contribution in [1.82, 2.24) is 9.97 Å². The molecule has 0 saturated heterocycles. The van der Waals surface area contributed by atoms with Gasteiger partial charge in [0.25, 0.3) is 0 Å². The van der Waals surface area contributed by atoms with Crippen LogP contribution in [-0.2, 0) is 9.47 Å². The standard InChI is InChI=1S/C22H23N3O4/c1-4-16-6-5-7-17(12-16)25-22-18-13-20(28-10-8-26-2)21(29-11-9-27-3)14-19(18)23-15-24-22/h1,5-7,12-15H,8-11H2,2-3H3,(H,23,24,25)/i2D3,3D3,8D2,9D2,10D2,11D2. The molecule has 0 aliphatic heterocycles. The van der Waals surface area contributed by atoms with Gasteiger partial charge in [0.15, 0.2) is 11.5 Å². The number of terminal acetylenes is 1. The van der Waals surface area contributed by atoms with Gasteiger partial charge in [-0.3, -0.25) is 0 Å². The van der Waals surface area contributed by atoms with Gasteiger partial charge in [-0.25, -0.2) is 9.97 Å². The largest absolute Gasteiger partial charge is 0.487 e. The molecule has 1 aromatic heterocycles. The second-order valence-corrected chi connectivity index (χ2v) is 5.21. The van der Waals surface area contributed by atoms with E-state index in [1.807, 2.05) is 0 Å². The van der Waals surface area contributed by atoms with Gasteiger partial charge in [-0.1, -0.05) is 12.0 Å². The van der Waals surface area contributed by atoms with E-state index in [1.165, 1.54) is 0 Å². The van der Waals surface area contributed by atoms with Crippen molar-refractivity contribution in [2.24, 2.45) is 0 Å². The Morgan fingerprint density at radius 3 is 2.52 bits per heavy atom. The van der Waals surface area contributed by atoms with Gasteiger partial charge >= 0.3 is 0 Å². The minimum Gasteiger partial charge on any atom is -0.487 e. The molecule has 0 amide bonds. The first-order valence-corrected chi connectivity index (χ1v) is 7.86. The topological polar surface area (TPSA) is 74.7 Å². The average Bonchev–Trinajstić information content (AvgIpc) is 2.81. The highest BCUT2D eigenvalue weighted by atomic mass is 16.5. The van der Waals surface area contributed by atoms with E-state index in [0.29, 0.717) is 11.3 Å². The van der Waals surface area contributed by atoms with E-state index < -0.39 is 51.8 Å². The molecule has 0 fully saturated rings. The molecule has 0 bridgehead atoms. The third-order valence-corrected chi connectivity index (χ3v) is 3.50. The lowest BCUT2D eigenvalue weighted by atomic mass is 10.2. The Kier molecular flexibility index (Phi) is 3.18. The summed E-state index contributed by atoms with van der Waals surface area (Å²) in [5.74, 6) is 0.923. The molecule has 1 heterocycles. The first kappa shape index (κ1) is 8.99. The summed E-state index contributed by atoms with van der Waals surface area (Å²) in [5.41, 5.74) is 0.967. The maximum absolute atomic E-state index is 8.11. The van der Waals surface area contributed by atoms with Crippen LogP contribution in [-0.4, -0.2) is 50.3 Å². The minimum atomic E-state index is -3.63. The fraction of sp³-hybridized carbons (Fsp3) is 0.273. The highest BCUT2D eigenvalue weighted by Crippen LogP contribution is 2.35. The van der Waals surface area contributed by atoms with Crippen molar-refractivity contribution < 1.29 is 38.1 Å². The highest BCUT2D eigenvalue weighted by molar-refractivity contribution is 5.93. The summed E-state index contributed by atoms with van der Waals surface area (Å²) in [6.45, 7) is -14.4. The van der Waals surface area contributed by atoms with Gasteiger partial charge in [0.1, 0.15) is 25.3 Å². The van der Waals surface area contributed by atoms with Crippen LogP contribution in [0, 0.1) is 12.3 Å². The van der Waals surface area contributed by atoms with Crippen molar-refractivity contribution in [2.45, 2.75) is 0 Å². The SMILES string of the molecule is [2H]C([2H])([2H])OC([2H])([2H])C([2H])([2H])Oc1cc2ncnc(Nc3cccc(C#C)c3)c2cc1OC([2H])([2H])C([2H])([2H])OC([2H])([2H])[2H]. The molecule has 0 unspecified atom stereocenters. The quantitative estimate of drug-likeness (QED) is 0.516. The van der Waals surface area contributed by atoms with E-state index in [0.717, 1.165) is 18.5 Å². The van der Waals surface area contributed by atoms with Crippen LogP contribution < -0.4 is 14.8 Å². The van der Waals surface area contributed by atoms with Crippen LogP contribution >= 0.6 is 0 Å². The van der Waals surface area contributed by atoms with Crippen LogP contribution in [0.3, 0.4) is 0 Å². The Bertz CT molecular complexity index is 1520. The summed E-state index contributed by atoms with van der Waals surface area (Å²) in [7, 11) is -6.80. The number of rotatable bonds is 10. The third kappa shape index (κ3) is 5.35. The molecule has 0 aliphatic rings. The lowest BCUT2D eigenvalue weighted by Gasteiger charge is -2.15. The zero-order chi connectivity index (χ0) is 32.6. The number of nitrogens with zero attached hydrogens (tertiary/aromatic N) is 2. The second-order valence-electron chi connectivity index (χ2n) is 5.21. The van der Waals surface area contributed by atoms with Crippen LogP contribution in [0.2, 0.25) is 0 Å². The summed E-state index contributed by atoms with van der Waals surface area (Å²) in [4.78, 5) is 8.16. The van der Waals surface area contributed by atoms with E-state index in [9.17, 15) is 0 Å². The van der Waals surface area contributed by atoms with Crippen LogP contribution in [0.5, 0.6) is 11.5 Å². The van der Waals surface area contributed by atoms with Gasteiger partial charge in [0.2, 0.25) is 0 Å². The van der Waals surface area contributed by atoms with Gasteiger partial charge in [0, 0.05) is 36.8 Å². The summed E-state index contributed by atoms with van der Waals surface area (Å²) < 4.78 is 125. The Balaban J connectivity index is 2.18. The molecule has 0 spiro atoms. The molecular formula is C22H23N3O4. The van der Waals surface area contributed by atoms with Crippen molar-refractivity contribution in [1.29, 1.82) is 0 Å². The molecule has 7 nitrogen and oxygen atoms in total. The maximum Gasteiger partial charge on any atom is 0.163 e. The molecule has 2 aromatic carbocycles. The van der Waals surface area contributed by atoms with Crippen LogP contribution in [0.25, 0.3) is 10.9 Å². The number of fused-ring (bicyclic) bond motifs is 1. The molecule has 0 aliphatic carbocycles. The zero-order valence-electron chi connectivity index (χ0n) is 28.6. The molecule has 150 valence electrons. The number of hydrogen-bond acceptors (Lipinski definition) is 7. The van der Waals surface area contributed by atoms with Gasteiger partial charge in [-0.2, -0.15) is 0 Å². The molecular weight excluding hydrogens is 370 g/mol. The van der Waals surface area contributed by atoms with Gasteiger partial charge < -0.3 is 24.3 Å². The average molecular weight is 408 g/mol. The normalized spacial score (nSPS) is 20.5. The molecule has 1 N–H and O–H groups in total. The summed E-state index contributed by atoms with van der Waals surface area (Å²) in [6, 6.07) is 8.50. The highest BCUT2D eigenvalue weighted by Gasteiger charge is 2.13. The zero-order valence-corrected chi connectivity index (χ0v) is 14.6. The number of hydrogen-bond donors (Lipinski definition) is 1. The fourth-order valence-corrected chi connectivity index (χ4v) is 2.34. The van der Waals surface area contributed by atoms with Crippen molar-refractivity contribution in [3.05, 3.63) is 48.3 Å². The number of nitrogens with one attached hydrogen (secondary N) is 1. The van der Waals surface area contributed by atoms with Crippen LogP contribution in [0.15, 0.2) is 42.7 Å². The number of benzene rings is 2. The number of methoxy groups -OCH3 is 2. The Labute approximate surface area is 189 Å². The van der Waals surface area contributed by atoms with Crippen molar-refractivity contribution in [3.63, 3.8) is 0 Å². The Hall–Kier alpha value is -3.34. The second kappa shape index (κ2) is 10.3. The predicted octanol–water partition coefficient (Wildman–Crippen LogP) is 3.41. The smallest absolute Gasteiger partial charge is 0.163 e. The van der Waals surface area contributed by atoms with E-state index in [-0.39, 0.29) is 16.7 Å². The molecule has 3 rings (SSSR count). The lowest BCUT2D eigenvalue weighted by molar-refractivity contribution is 0.132. The van der Waals surface area contributed by atoms with E-state index in [4.69, 9.17) is 35.1 Å². The number of aromatic nitrogens is 2. The van der Waals surface area contributed by atoms with Crippen molar-refractivity contribution >= 4 is 22.4 Å². The Morgan fingerprint density at radius 2 is 1.79 bits per heavy atom. The van der Waals surface area contributed by atoms with E-state index in [1.54, 1.807) is 24.3 Å². The van der Waals surface area contributed by atoms with Gasteiger partial charge in [-0.05, 0) is 24.3 Å². The van der Waals surface area contributed by atoms with E-state index >= 15 is 0 Å². The van der Waals surface area contributed by atoms with Gasteiger partial charge in [0.05, 0.1) is 37.8 Å². The van der Waals surface area contributed by atoms with E-state index in [2.05, 4.69) is 30.7 Å². The molecule has 7 heteroatoms. The molecule has 3 aromatic rings. The number of ether oxygens (including phenoxy) is 4.